The largest absolute Gasteiger partial charge is 0.490 e. The van der Waals surface area contributed by atoms with Crippen molar-refractivity contribution < 1.29 is 19.4 Å². The summed E-state index contributed by atoms with van der Waals surface area (Å²) in [5.74, 6) is -0.431. The average Bonchev–Trinajstić information content (AvgIpc) is 2.65. The molecule has 0 radical (unpaired) electrons. The van der Waals surface area contributed by atoms with Crippen molar-refractivity contribution in [2.75, 3.05) is 11.9 Å². The van der Waals surface area contributed by atoms with Crippen LogP contribution in [0.5, 0.6) is 5.75 Å². The Kier molecular flexibility index (Phi) is 7.02. The number of anilines is 1. The van der Waals surface area contributed by atoms with Crippen LogP contribution in [0.25, 0.3) is 0 Å². The zero-order valence-corrected chi connectivity index (χ0v) is 15.0. The first-order valence-electron chi connectivity index (χ1n) is 8.58. The van der Waals surface area contributed by atoms with Crippen LogP contribution in [0, 0.1) is 0 Å². The Labute approximate surface area is 153 Å². The summed E-state index contributed by atoms with van der Waals surface area (Å²) in [5, 5.41) is 14.3. The van der Waals surface area contributed by atoms with Crippen molar-refractivity contribution in [3.8, 4) is 5.75 Å². The third kappa shape index (κ3) is 5.81. The highest BCUT2D eigenvalue weighted by Gasteiger charge is 2.10. The highest BCUT2D eigenvalue weighted by Crippen LogP contribution is 2.20. The van der Waals surface area contributed by atoms with Gasteiger partial charge in [0.05, 0.1) is 6.10 Å². The van der Waals surface area contributed by atoms with E-state index in [-0.39, 0.29) is 18.6 Å². The van der Waals surface area contributed by atoms with E-state index in [0.717, 1.165) is 17.7 Å². The number of carbonyl (C=O) groups is 2. The molecule has 0 heterocycles. The van der Waals surface area contributed by atoms with Crippen LogP contribution in [0.4, 0.5) is 5.69 Å². The van der Waals surface area contributed by atoms with Crippen molar-refractivity contribution in [3.05, 3.63) is 59.7 Å². The smallest absolute Gasteiger partial charge is 0.322 e. The number of hydrogen-bond acceptors (Lipinski definition) is 4. The van der Waals surface area contributed by atoms with Gasteiger partial charge in [-0.25, -0.2) is 0 Å². The van der Waals surface area contributed by atoms with E-state index < -0.39 is 5.97 Å². The van der Waals surface area contributed by atoms with E-state index in [9.17, 15) is 9.59 Å². The zero-order chi connectivity index (χ0) is 18.9. The highest BCUT2D eigenvalue weighted by molar-refractivity contribution is 5.95. The molecule has 1 unspecified atom stereocenters. The molecule has 0 bridgehead atoms. The van der Waals surface area contributed by atoms with Gasteiger partial charge in [0.25, 0.3) is 5.91 Å². The quantitative estimate of drug-likeness (QED) is 0.642. The van der Waals surface area contributed by atoms with Crippen molar-refractivity contribution in [2.24, 2.45) is 0 Å². The fraction of sp³-hybridized carbons (Fsp3) is 0.300. The highest BCUT2D eigenvalue weighted by atomic mass is 16.5. The summed E-state index contributed by atoms with van der Waals surface area (Å²) >= 11 is 0. The van der Waals surface area contributed by atoms with Crippen molar-refractivity contribution in [1.82, 2.24) is 5.32 Å². The van der Waals surface area contributed by atoms with Gasteiger partial charge in [-0.05, 0) is 37.6 Å². The molecular weight excluding hydrogens is 332 g/mol. The Morgan fingerprint density at radius 1 is 1.15 bits per heavy atom. The van der Waals surface area contributed by atoms with Crippen molar-refractivity contribution in [1.29, 1.82) is 0 Å². The Hall–Kier alpha value is -3.02. The molecule has 138 valence electrons. The van der Waals surface area contributed by atoms with Crippen LogP contribution in [0.3, 0.4) is 0 Å². The molecule has 0 saturated carbocycles. The maximum Gasteiger partial charge on any atom is 0.322 e. The minimum Gasteiger partial charge on any atom is -0.490 e. The molecule has 2 aromatic rings. The molecule has 26 heavy (non-hydrogen) atoms. The van der Waals surface area contributed by atoms with Gasteiger partial charge < -0.3 is 20.5 Å². The molecule has 0 aliphatic carbocycles. The summed E-state index contributed by atoms with van der Waals surface area (Å²) < 4.78 is 5.89. The standard InChI is InChI=1S/C20H24N2O4/c1-3-14(2)26-18-10-5-4-7-16(18)12-22-20(25)15-8-6-9-17(11-15)21-13-19(23)24/h4-11,14,21H,3,12-13H2,1-2H3,(H,22,25)(H,23,24). The maximum absolute atomic E-state index is 12.4. The molecule has 3 N–H and O–H groups in total. The van der Waals surface area contributed by atoms with E-state index in [0.29, 0.717) is 17.8 Å². The average molecular weight is 356 g/mol. The molecule has 2 aromatic carbocycles. The molecule has 0 aliphatic heterocycles. The first-order valence-corrected chi connectivity index (χ1v) is 8.58. The van der Waals surface area contributed by atoms with Crippen molar-refractivity contribution in [2.45, 2.75) is 32.9 Å². The van der Waals surface area contributed by atoms with Gasteiger partial charge in [-0.2, -0.15) is 0 Å². The Bertz CT molecular complexity index is 761. The summed E-state index contributed by atoms with van der Waals surface area (Å²) in [4.78, 5) is 23.0. The number of nitrogens with one attached hydrogen (secondary N) is 2. The predicted molar refractivity (Wildman–Crippen MR) is 101 cm³/mol. The lowest BCUT2D eigenvalue weighted by Crippen LogP contribution is -2.23. The molecule has 0 aromatic heterocycles. The molecular formula is C20H24N2O4. The van der Waals surface area contributed by atoms with Crippen LogP contribution in [0.2, 0.25) is 0 Å². The Morgan fingerprint density at radius 2 is 1.92 bits per heavy atom. The molecule has 2 rings (SSSR count). The van der Waals surface area contributed by atoms with Gasteiger partial charge in [-0.3, -0.25) is 9.59 Å². The summed E-state index contributed by atoms with van der Waals surface area (Å²) in [5.41, 5.74) is 1.95. The molecule has 0 spiro atoms. The molecule has 1 amide bonds. The molecule has 0 fully saturated rings. The van der Waals surface area contributed by atoms with Gasteiger partial charge in [0.15, 0.2) is 0 Å². The number of carbonyl (C=O) groups excluding carboxylic acids is 1. The minimum atomic E-state index is -0.960. The van der Waals surface area contributed by atoms with Gasteiger partial charge in [0.2, 0.25) is 0 Å². The Morgan fingerprint density at radius 3 is 2.65 bits per heavy atom. The number of carboxylic acid groups (broad SMARTS) is 1. The van der Waals surface area contributed by atoms with E-state index in [2.05, 4.69) is 17.6 Å². The first-order chi connectivity index (χ1) is 12.5. The lowest BCUT2D eigenvalue weighted by Gasteiger charge is -2.16. The van der Waals surface area contributed by atoms with Gasteiger partial charge in [-0.15, -0.1) is 0 Å². The topological polar surface area (TPSA) is 87.7 Å². The maximum atomic E-state index is 12.4. The minimum absolute atomic E-state index is 0.101. The van der Waals surface area contributed by atoms with Crippen molar-refractivity contribution >= 4 is 17.6 Å². The van der Waals surface area contributed by atoms with Crippen LogP contribution in [-0.2, 0) is 11.3 Å². The van der Waals surface area contributed by atoms with E-state index in [1.165, 1.54) is 0 Å². The number of para-hydroxylation sites is 1. The third-order valence-corrected chi connectivity index (χ3v) is 3.88. The van der Waals surface area contributed by atoms with Gasteiger partial charge in [-0.1, -0.05) is 31.2 Å². The fourth-order valence-electron chi connectivity index (χ4n) is 2.29. The van der Waals surface area contributed by atoms with Crippen LogP contribution in [0.1, 0.15) is 36.2 Å². The second-order valence-corrected chi connectivity index (χ2v) is 5.96. The number of rotatable bonds is 9. The number of ether oxygens (including phenoxy) is 1. The molecule has 6 heteroatoms. The van der Waals surface area contributed by atoms with E-state index in [1.807, 2.05) is 31.2 Å². The molecule has 6 nitrogen and oxygen atoms in total. The van der Waals surface area contributed by atoms with E-state index >= 15 is 0 Å². The van der Waals surface area contributed by atoms with Gasteiger partial charge in [0.1, 0.15) is 12.3 Å². The van der Waals surface area contributed by atoms with Gasteiger partial charge in [0, 0.05) is 23.4 Å². The third-order valence-electron chi connectivity index (χ3n) is 3.88. The number of amides is 1. The number of carboxylic acids is 1. The number of hydrogen-bond donors (Lipinski definition) is 3. The second-order valence-electron chi connectivity index (χ2n) is 5.96. The SMILES string of the molecule is CCC(C)Oc1ccccc1CNC(=O)c1cccc(NCC(=O)O)c1. The number of benzene rings is 2. The van der Waals surface area contributed by atoms with Gasteiger partial charge >= 0.3 is 5.97 Å². The first kappa shape index (κ1) is 19.3. The summed E-state index contributed by atoms with van der Waals surface area (Å²) in [6, 6.07) is 14.4. The molecule has 0 saturated heterocycles. The van der Waals surface area contributed by atoms with Crippen LogP contribution in [-0.4, -0.2) is 29.6 Å². The Balaban J connectivity index is 2.01. The fourth-order valence-corrected chi connectivity index (χ4v) is 2.29. The van der Waals surface area contributed by atoms with E-state index in [1.54, 1.807) is 24.3 Å². The van der Waals surface area contributed by atoms with Crippen LogP contribution >= 0.6 is 0 Å². The monoisotopic (exact) mass is 356 g/mol. The number of aliphatic carboxylic acids is 1. The predicted octanol–water partition coefficient (Wildman–Crippen LogP) is 3.29. The zero-order valence-electron chi connectivity index (χ0n) is 15.0. The van der Waals surface area contributed by atoms with E-state index in [4.69, 9.17) is 9.84 Å². The summed E-state index contributed by atoms with van der Waals surface area (Å²) in [7, 11) is 0. The van der Waals surface area contributed by atoms with Crippen LogP contribution < -0.4 is 15.4 Å². The van der Waals surface area contributed by atoms with Crippen LogP contribution in [0.15, 0.2) is 48.5 Å². The summed E-state index contributed by atoms with van der Waals surface area (Å²) in [6.45, 7) is 4.20. The molecule has 1 atom stereocenters. The second kappa shape index (κ2) is 9.46. The molecule has 0 aliphatic rings. The summed E-state index contributed by atoms with van der Waals surface area (Å²) in [6.07, 6.45) is 1.00. The lowest BCUT2D eigenvalue weighted by molar-refractivity contribution is -0.134. The van der Waals surface area contributed by atoms with Crippen molar-refractivity contribution in [3.63, 3.8) is 0 Å². The normalized spacial score (nSPS) is 11.5. The lowest BCUT2D eigenvalue weighted by atomic mass is 10.1.